The number of rotatable bonds is 4. The second-order valence-corrected chi connectivity index (χ2v) is 6.26. The minimum atomic E-state index is -0.129. The van der Waals surface area contributed by atoms with Crippen LogP contribution in [0, 0.1) is 0 Å². The van der Waals surface area contributed by atoms with Crippen LogP contribution in [0.5, 0.6) is 0 Å². The minimum absolute atomic E-state index is 0.129. The van der Waals surface area contributed by atoms with Gasteiger partial charge < -0.3 is 4.57 Å². The molecule has 0 fully saturated rings. The first-order valence-corrected chi connectivity index (χ1v) is 8.39. The molecule has 25 heavy (non-hydrogen) atoms. The van der Waals surface area contributed by atoms with Crippen molar-refractivity contribution < 1.29 is 4.79 Å². The lowest BCUT2D eigenvalue weighted by Crippen LogP contribution is -2.13. The molecule has 0 saturated carbocycles. The van der Waals surface area contributed by atoms with Crippen molar-refractivity contribution in [3.8, 4) is 0 Å². The molecule has 3 aromatic rings. The highest BCUT2D eigenvalue weighted by Crippen LogP contribution is 2.24. The van der Waals surface area contributed by atoms with Gasteiger partial charge >= 0.3 is 0 Å². The fourth-order valence-electron chi connectivity index (χ4n) is 3.26. The van der Waals surface area contributed by atoms with Crippen molar-refractivity contribution in [1.82, 2.24) is 9.99 Å². The van der Waals surface area contributed by atoms with Gasteiger partial charge in [-0.3, -0.25) is 4.79 Å². The fourth-order valence-corrected chi connectivity index (χ4v) is 3.26. The smallest absolute Gasteiger partial charge is 0.273 e. The predicted octanol–water partition coefficient (Wildman–Crippen LogP) is 3.68. The maximum Gasteiger partial charge on any atom is 0.273 e. The Bertz CT molecular complexity index is 996. The molecule has 1 aliphatic heterocycles. The largest absolute Gasteiger partial charge is 0.350 e. The number of fused-ring (bicyclic) bond motifs is 1. The second-order valence-electron chi connectivity index (χ2n) is 6.26. The third kappa shape index (κ3) is 2.98. The number of nitrogens with one attached hydrogen (secondary N) is 1. The van der Waals surface area contributed by atoms with Crippen molar-refractivity contribution in [3.63, 3.8) is 0 Å². The molecule has 1 amide bonds. The van der Waals surface area contributed by atoms with Crippen molar-refractivity contribution in [2.75, 3.05) is 0 Å². The van der Waals surface area contributed by atoms with Gasteiger partial charge in [-0.05, 0) is 30.5 Å². The van der Waals surface area contributed by atoms with Crippen LogP contribution in [-0.2, 0) is 18.3 Å². The molecule has 0 aliphatic carbocycles. The maximum absolute atomic E-state index is 12.2. The fraction of sp³-hybridized carbons (Fsp3) is 0.143. The lowest BCUT2D eigenvalue weighted by atomic mass is 10.0. The first kappa shape index (κ1) is 15.4. The summed E-state index contributed by atoms with van der Waals surface area (Å²) in [6.07, 6.45) is 5.60. The van der Waals surface area contributed by atoms with Gasteiger partial charge in [-0.1, -0.05) is 48.5 Å². The van der Waals surface area contributed by atoms with Crippen molar-refractivity contribution >= 4 is 28.6 Å². The Hall–Kier alpha value is -3.14. The lowest BCUT2D eigenvalue weighted by molar-refractivity contribution is -0.116. The summed E-state index contributed by atoms with van der Waals surface area (Å²) in [6.45, 7) is 0. The number of aromatic nitrogens is 1. The Morgan fingerprint density at radius 1 is 1.04 bits per heavy atom. The average Bonchev–Trinajstić information content (AvgIpc) is 3.15. The Morgan fingerprint density at radius 3 is 2.64 bits per heavy atom. The van der Waals surface area contributed by atoms with E-state index in [9.17, 15) is 4.79 Å². The summed E-state index contributed by atoms with van der Waals surface area (Å²) in [7, 11) is 2.02. The van der Waals surface area contributed by atoms with Crippen molar-refractivity contribution in [1.29, 1.82) is 0 Å². The zero-order valence-electron chi connectivity index (χ0n) is 14.1. The summed E-state index contributed by atoms with van der Waals surface area (Å²) < 4.78 is 2.08. The number of aryl methyl sites for hydroxylation is 2. The lowest BCUT2D eigenvalue weighted by Gasteiger charge is -2.02. The first-order chi connectivity index (χ1) is 12.2. The zero-order valence-corrected chi connectivity index (χ0v) is 14.1. The number of benzene rings is 2. The summed E-state index contributed by atoms with van der Waals surface area (Å²) >= 11 is 0. The van der Waals surface area contributed by atoms with Crippen LogP contribution in [0.3, 0.4) is 0 Å². The maximum atomic E-state index is 12.2. The Kier molecular flexibility index (Phi) is 3.94. The number of para-hydroxylation sites is 1. The van der Waals surface area contributed by atoms with Crippen LogP contribution in [0.2, 0.25) is 0 Å². The average molecular weight is 329 g/mol. The molecule has 0 bridgehead atoms. The molecular formula is C21H19N3O. The highest BCUT2D eigenvalue weighted by Gasteiger charge is 2.22. The van der Waals surface area contributed by atoms with Gasteiger partial charge in [0.2, 0.25) is 0 Å². The molecule has 0 unspecified atom stereocenters. The van der Waals surface area contributed by atoms with E-state index in [1.54, 1.807) is 0 Å². The molecule has 0 saturated heterocycles. The highest BCUT2D eigenvalue weighted by molar-refractivity contribution is 6.28. The van der Waals surface area contributed by atoms with E-state index in [2.05, 4.69) is 45.6 Å². The molecule has 0 spiro atoms. The van der Waals surface area contributed by atoms with Crippen LogP contribution in [0.25, 0.3) is 17.0 Å². The van der Waals surface area contributed by atoms with Gasteiger partial charge in [0.15, 0.2) is 0 Å². The van der Waals surface area contributed by atoms with E-state index in [1.807, 2.05) is 43.5 Å². The van der Waals surface area contributed by atoms with E-state index in [0.717, 1.165) is 35.0 Å². The number of hydrogen-bond acceptors (Lipinski definition) is 2. The number of amides is 1. The molecule has 1 N–H and O–H groups in total. The number of hydrazone groups is 1. The number of carbonyl (C=O) groups excluding carboxylic acids is 1. The van der Waals surface area contributed by atoms with Crippen molar-refractivity contribution in [2.24, 2.45) is 12.1 Å². The summed E-state index contributed by atoms with van der Waals surface area (Å²) in [5.74, 6) is -0.129. The Morgan fingerprint density at radius 2 is 1.80 bits per heavy atom. The van der Waals surface area contributed by atoms with Gasteiger partial charge in [0.1, 0.15) is 0 Å². The van der Waals surface area contributed by atoms with E-state index in [-0.39, 0.29) is 5.91 Å². The Labute approximate surface area is 146 Å². The van der Waals surface area contributed by atoms with Gasteiger partial charge in [-0.15, -0.1) is 0 Å². The summed E-state index contributed by atoms with van der Waals surface area (Å²) in [5, 5.41) is 5.38. The van der Waals surface area contributed by atoms with Crippen LogP contribution >= 0.6 is 0 Å². The van der Waals surface area contributed by atoms with Gasteiger partial charge in [-0.25, -0.2) is 5.43 Å². The van der Waals surface area contributed by atoms with E-state index in [4.69, 9.17) is 0 Å². The van der Waals surface area contributed by atoms with Crippen LogP contribution in [0.15, 0.2) is 71.5 Å². The summed E-state index contributed by atoms with van der Waals surface area (Å²) in [5.41, 5.74) is 7.52. The molecule has 1 aromatic heterocycles. The SMILES string of the molecule is Cn1cc(C=C2C(=O)NN=C2CCc2ccccc2)c2ccccc21. The molecule has 1 aliphatic rings. The summed E-state index contributed by atoms with van der Waals surface area (Å²) in [6, 6.07) is 18.5. The van der Waals surface area contributed by atoms with Gasteiger partial charge in [0.25, 0.3) is 5.91 Å². The molecule has 0 atom stereocenters. The Balaban J connectivity index is 1.64. The molecular weight excluding hydrogens is 310 g/mol. The first-order valence-electron chi connectivity index (χ1n) is 8.39. The quantitative estimate of drug-likeness (QED) is 0.729. The number of hydrogen-bond donors (Lipinski definition) is 1. The number of carbonyl (C=O) groups is 1. The van der Waals surface area contributed by atoms with Crippen LogP contribution in [0.4, 0.5) is 0 Å². The molecule has 124 valence electrons. The molecule has 4 heteroatoms. The van der Waals surface area contributed by atoms with E-state index in [1.165, 1.54) is 5.56 Å². The van der Waals surface area contributed by atoms with E-state index < -0.39 is 0 Å². The third-order valence-electron chi connectivity index (χ3n) is 4.57. The summed E-state index contributed by atoms with van der Waals surface area (Å²) in [4.78, 5) is 12.2. The van der Waals surface area contributed by atoms with Crippen molar-refractivity contribution in [3.05, 3.63) is 77.5 Å². The molecule has 2 aromatic carbocycles. The molecule has 2 heterocycles. The molecule has 4 nitrogen and oxygen atoms in total. The number of nitrogens with zero attached hydrogens (tertiary/aromatic N) is 2. The van der Waals surface area contributed by atoms with Crippen LogP contribution in [0.1, 0.15) is 17.5 Å². The molecule has 4 rings (SSSR count). The topological polar surface area (TPSA) is 46.4 Å². The normalized spacial score (nSPS) is 15.6. The van der Waals surface area contributed by atoms with Crippen LogP contribution < -0.4 is 5.43 Å². The van der Waals surface area contributed by atoms with E-state index in [0.29, 0.717) is 5.57 Å². The van der Waals surface area contributed by atoms with Crippen LogP contribution in [-0.4, -0.2) is 16.2 Å². The standard InChI is InChI=1S/C21H19N3O/c1-24-14-16(17-9-5-6-10-20(17)24)13-18-19(22-23-21(18)25)12-11-15-7-3-2-4-8-15/h2-10,13-14H,11-12H2,1H3,(H,23,25). The monoisotopic (exact) mass is 329 g/mol. The third-order valence-corrected chi connectivity index (χ3v) is 4.57. The predicted molar refractivity (Wildman–Crippen MR) is 101 cm³/mol. The minimum Gasteiger partial charge on any atom is -0.350 e. The van der Waals surface area contributed by atoms with Gasteiger partial charge in [0, 0.05) is 29.7 Å². The van der Waals surface area contributed by atoms with E-state index >= 15 is 0 Å². The zero-order chi connectivity index (χ0) is 17.2. The second kappa shape index (κ2) is 6.40. The van der Waals surface area contributed by atoms with Gasteiger partial charge in [0.05, 0.1) is 11.3 Å². The van der Waals surface area contributed by atoms with Crippen molar-refractivity contribution in [2.45, 2.75) is 12.8 Å². The highest BCUT2D eigenvalue weighted by atomic mass is 16.2. The molecule has 0 radical (unpaired) electrons. The van der Waals surface area contributed by atoms with Gasteiger partial charge in [-0.2, -0.15) is 5.10 Å².